The largest absolute Gasteiger partial charge is 0.346 e. The summed E-state index contributed by atoms with van der Waals surface area (Å²) in [6.45, 7) is 6.31. The third kappa shape index (κ3) is 4.54. The molecule has 1 nitrogen and oxygen atoms in total. The molecule has 0 fully saturated rings. The molecule has 126 valence electrons. The molecule has 0 bridgehead atoms. The first kappa shape index (κ1) is 17.8. The van der Waals surface area contributed by atoms with Crippen LogP contribution in [0.5, 0.6) is 0 Å². The molecular formula is C22H22NPS. The fourth-order valence-electron chi connectivity index (χ4n) is 2.59. The molecule has 0 aromatic heterocycles. The van der Waals surface area contributed by atoms with Crippen LogP contribution >= 0.6 is 20.1 Å². The molecule has 0 spiro atoms. The van der Waals surface area contributed by atoms with E-state index in [1.165, 1.54) is 27.3 Å². The second-order valence-corrected chi connectivity index (χ2v) is 9.16. The fourth-order valence-corrected chi connectivity index (χ4v) is 5.24. The van der Waals surface area contributed by atoms with E-state index in [4.69, 9.17) is 12.2 Å². The molecule has 0 amide bonds. The summed E-state index contributed by atoms with van der Waals surface area (Å²) in [5.74, 6) is 0. The summed E-state index contributed by atoms with van der Waals surface area (Å²) >= 11 is 5.84. The smallest absolute Gasteiger partial charge is 0.112 e. The Bertz CT molecular complexity index is 807. The first-order chi connectivity index (χ1) is 12.0. The van der Waals surface area contributed by atoms with Crippen LogP contribution in [0.25, 0.3) is 0 Å². The molecule has 0 saturated heterocycles. The van der Waals surface area contributed by atoms with Gasteiger partial charge >= 0.3 is 0 Å². The van der Waals surface area contributed by atoms with E-state index in [0.717, 1.165) is 10.4 Å². The normalized spacial score (nSPS) is 10.7. The Labute approximate surface area is 156 Å². The first-order valence-corrected chi connectivity index (χ1v) is 10.1. The second-order valence-electron chi connectivity index (χ2n) is 6.30. The van der Waals surface area contributed by atoms with E-state index >= 15 is 0 Å². The Hall–Kier alpha value is -2.02. The molecular weight excluding hydrogens is 341 g/mol. The molecule has 3 heteroatoms. The predicted molar refractivity (Wildman–Crippen MR) is 116 cm³/mol. The zero-order valence-electron chi connectivity index (χ0n) is 14.8. The van der Waals surface area contributed by atoms with Crippen molar-refractivity contribution in [3.8, 4) is 0 Å². The minimum atomic E-state index is -0.748. The van der Waals surface area contributed by atoms with Crippen LogP contribution < -0.4 is 15.9 Å². The highest BCUT2D eigenvalue weighted by Gasteiger charge is 2.19. The summed E-state index contributed by atoms with van der Waals surface area (Å²) in [6, 6.07) is 25.8. The summed E-state index contributed by atoms with van der Waals surface area (Å²) in [5.41, 5.74) is 4.82. The molecule has 25 heavy (non-hydrogen) atoms. The van der Waals surface area contributed by atoms with Crippen LogP contribution in [0, 0.1) is 20.8 Å². The van der Waals surface area contributed by atoms with E-state index in [9.17, 15) is 0 Å². The maximum atomic E-state index is 5.84. The van der Waals surface area contributed by atoms with E-state index in [-0.39, 0.29) is 0 Å². The minimum Gasteiger partial charge on any atom is -0.346 e. The summed E-state index contributed by atoms with van der Waals surface area (Å²) in [7, 11) is -0.748. The van der Waals surface area contributed by atoms with Gasteiger partial charge in [-0.15, -0.1) is 0 Å². The highest BCUT2D eigenvalue weighted by molar-refractivity contribution is 8.04. The molecule has 0 aliphatic carbocycles. The zero-order chi connectivity index (χ0) is 17.8. The number of thiocarbonyl (C=S) groups is 1. The Morgan fingerprint density at radius 1 is 0.640 bits per heavy atom. The summed E-state index contributed by atoms with van der Waals surface area (Å²) in [6.07, 6.45) is 0. The monoisotopic (exact) mass is 363 g/mol. The fraction of sp³-hybridized carbons (Fsp3) is 0.136. The van der Waals surface area contributed by atoms with Crippen molar-refractivity contribution in [1.82, 2.24) is 0 Å². The van der Waals surface area contributed by atoms with Gasteiger partial charge in [-0.1, -0.05) is 89.6 Å². The van der Waals surface area contributed by atoms with Crippen molar-refractivity contribution in [3.63, 3.8) is 0 Å². The number of rotatable bonds is 4. The molecule has 0 aliphatic heterocycles. The van der Waals surface area contributed by atoms with Gasteiger partial charge in [-0.2, -0.15) is 0 Å². The molecule has 3 aromatic carbocycles. The number of anilines is 1. The molecule has 0 saturated carbocycles. The maximum absolute atomic E-state index is 5.84. The summed E-state index contributed by atoms with van der Waals surface area (Å²) in [4.78, 5) is 0. The molecule has 0 atom stereocenters. The number of hydrogen-bond acceptors (Lipinski definition) is 1. The number of hydrogen-bond donors (Lipinski definition) is 1. The lowest BCUT2D eigenvalue weighted by Gasteiger charge is -2.21. The van der Waals surface area contributed by atoms with Gasteiger partial charge < -0.3 is 5.32 Å². The van der Waals surface area contributed by atoms with Gasteiger partial charge in [-0.25, -0.2) is 0 Å². The van der Waals surface area contributed by atoms with Gasteiger partial charge in [0.05, 0.1) is 0 Å². The highest BCUT2D eigenvalue weighted by Crippen LogP contribution is 2.36. The lowest BCUT2D eigenvalue weighted by Crippen LogP contribution is -2.22. The molecule has 0 aliphatic rings. The third-order valence-electron chi connectivity index (χ3n) is 4.09. The molecule has 1 N–H and O–H groups in total. The van der Waals surface area contributed by atoms with Gasteiger partial charge in [0.25, 0.3) is 0 Å². The van der Waals surface area contributed by atoms with Gasteiger partial charge in [-0.3, -0.25) is 0 Å². The van der Waals surface area contributed by atoms with Crippen molar-refractivity contribution < 1.29 is 0 Å². The SMILES string of the molecule is Cc1ccc(NC(=S)P(c2ccc(C)cc2)c2ccc(C)cc2)cc1. The third-order valence-corrected chi connectivity index (χ3v) is 6.89. The maximum Gasteiger partial charge on any atom is 0.112 e. The lowest BCUT2D eigenvalue weighted by atomic mass is 10.2. The van der Waals surface area contributed by atoms with Crippen LogP contribution in [0.3, 0.4) is 0 Å². The Balaban J connectivity index is 1.94. The molecule has 3 aromatic rings. The number of aryl methyl sites for hydroxylation is 3. The first-order valence-electron chi connectivity index (χ1n) is 8.34. The van der Waals surface area contributed by atoms with Crippen LogP contribution in [-0.4, -0.2) is 4.73 Å². The standard InChI is InChI=1S/C22H22NPS/c1-16-4-10-19(11-5-16)23-22(25)24(20-12-6-17(2)7-13-20)21-14-8-18(3)9-15-21/h4-15H,1-3H3,(H,23,25). The average Bonchev–Trinajstić information content (AvgIpc) is 2.60. The molecule has 0 heterocycles. The van der Waals surface area contributed by atoms with E-state index in [0.29, 0.717) is 0 Å². The van der Waals surface area contributed by atoms with Crippen molar-refractivity contribution in [2.75, 3.05) is 5.32 Å². The zero-order valence-corrected chi connectivity index (χ0v) is 16.5. The van der Waals surface area contributed by atoms with Crippen LogP contribution in [0.4, 0.5) is 5.69 Å². The van der Waals surface area contributed by atoms with Crippen molar-refractivity contribution >= 4 is 41.2 Å². The Morgan fingerprint density at radius 3 is 1.40 bits per heavy atom. The predicted octanol–water partition coefficient (Wildman–Crippen LogP) is 5.44. The van der Waals surface area contributed by atoms with Gasteiger partial charge in [0, 0.05) is 13.6 Å². The number of nitrogens with one attached hydrogen (secondary N) is 1. The minimum absolute atomic E-state index is 0.748. The van der Waals surface area contributed by atoms with Crippen LogP contribution in [0.2, 0.25) is 0 Å². The van der Waals surface area contributed by atoms with Crippen molar-refractivity contribution in [2.45, 2.75) is 20.8 Å². The average molecular weight is 363 g/mol. The van der Waals surface area contributed by atoms with Crippen LogP contribution in [0.1, 0.15) is 16.7 Å². The van der Waals surface area contributed by atoms with Gasteiger partial charge in [-0.05, 0) is 43.5 Å². The number of benzene rings is 3. The van der Waals surface area contributed by atoms with E-state index in [2.05, 4.69) is 98.9 Å². The van der Waals surface area contributed by atoms with Crippen molar-refractivity contribution in [2.24, 2.45) is 0 Å². The summed E-state index contributed by atoms with van der Waals surface area (Å²) < 4.78 is 0.881. The molecule has 0 radical (unpaired) electrons. The topological polar surface area (TPSA) is 12.0 Å². The van der Waals surface area contributed by atoms with Gasteiger partial charge in [0.15, 0.2) is 0 Å². The van der Waals surface area contributed by atoms with Crippen LogP contribution in [-0.2, 0) is 0 Å². The Kier molecular flexibility index (Phi) is 5.63. The quantitative estimate of drug-likeness (QED) is 0.489. The molecule has 0 unspecified atom stereocenters. The summed E-state index contributed by atoms with van der Waals surface area (Å²) in [5, 5.41) is 6.00. The lowest BCUT2D eigenvalue weighted by molar-refractivity contribution is 1.47. The highest BCUT2D eigenvalue weighted by atomic mass is 32.1. The van der Waals surface area contributed by atoms with Crippen molar-refractivity contribution in [3.05, 3.63) is 89.5 Å². The van der Waals surface area contributed by atoms with Gasteiger partial charge in [0.2, 0.25) is 0 Å². The van der Waals surface area contributed by atoms with Crippen LogP contribution in [0.15, 0.2) is 72.8 Å². The second kappa shape index (κ2) is 7.91. The molecule has 3 rings (SSSR count). The van der Waals surface area contributed by atoms with E-state index in [1.807, 2.05) is 0 Å². The Morgan fingerprint density at radius 2 is 1.00 bits per heavy atom. The van der Waals surface area contributed by atoms with Crippen molar-refractivity contribution in [1.29, 1.82) is 0 Å². The van der Waals surface area contributed by atoms with Gasteiger partial charge in [0.1, 0.15) is 4.73 Å². The van der Waals surface area contributed by atoms with E-state index in [1.54, 1.807) is 0 Å². The van der Waals surface area contributed by atoms with E-state index < -0.39 is 7.92 Å².